The number of carbonyl (C=O) groups is 1. The first-order valence-electron chi connectivity index (χ1n) is 7.04. The van der Waals surface area contributed by atoms with E-state index < -0.39 is 0 Å². The average molecular weight is 277 g/mol. The molecular formula is C15H23N3O2. The van der Waals surface area contributed by atoms with Crippen molar-refractivity contribution in [2.75, 3.05) is 31.6 Å². The first-order valence-corrected chi connectivity index (χ1v) is 7.04. The number of nitrogens with one attached hydrogen (secondary N) is 1. The van der Waals surface area contributed by atoms with Crippen LogP contribution in [0.4, 0.5) is 5.69 Å². The number of carbonyl (C=O) groups excluding carboxylic acids is 1. The molecule has 0 bridgehead atoms. The van der Waals surface area contributed by atoms with Gasteiger partial charge in [0.25, 0.3) is 0 Å². The number of rotatable bonds is 5. The maximum Gasteiger partial charge on any atom is 0.224 e. The molecule has 1 fully saturated rings. The topological polar surface area (TPSA) is 67.6 Å². The highest BCUT2D eigenvalue weighted by atomic mass is 16.5. The Kier molecular flexibility index (Phi) is 4.84. The Morgan fingerprint density at radius 1 is 1.55 bits per heavy atom. The summed E-state index contributed by atoms with van der Waals surface area (Å²) in [5.41, 5.74) is 6.60. The van der Waals surface area contributed by atoms with E-state index in [0.29, 0.717) is 6.54 Å². The molecule has 1 saturated heterocycles. The minimum absolute atomic E-state index is 0.0411. The summed E-state index contributed by atoms with van der Waals surface area (Å²) in [6, 6.07) is 8.14. The lowest BCUT2D eigenvalue weighted by atomic mass is 10.1. The largest absolute Gasteiger partial charge is 0.495 e. The Morgan fingerprint density at radius 2 is 2.30 bits per heavy atom. The normalized spacial score (nSPS) is 19.8. The van der Waals surface area contributed by atoms with Gasteiger partial charge in [0.2, 0.25) is 5.91 Å². The second kappa shape index (κ2) is 6.61. The lowest BCUT2D eigenvalue weighted by Gasteiger charge is -2.21. The Hall–Kier alpha value is -1.75. The van der Waals surface area contributed by atoms with Crippen molar-refractivity contribution >= 4 is 11.6 Å². The highest BCUT2D eigenvalue weighted by Crippen LogP contribution is 2.30. The molecule has 0 aliphatic carbocycles. The molecular weight excluding hydrogens is 254 g/mol. The van der Waals surface area contributed by atoms with Crippen LogP contribution in [0.15, 0.2) is 24.3 Å². The Morgan fingerprint density at radius 3 is 3.00 bits per heavy atom. The first-order chi connectivity index (χ1) is 9.65. The molecule has 1 amide bonds. The first kappa shape index (κ1) is 14.7. The molecule has 0 spiro atoms. The summed E-state index contributed by atoms with van der Waals surface area (Å²) >= 11 is 0. The minimum atomic E-state index is -0.129. The van der Waals surface area contributed by atoms with E-state index in [1.807, 2.05) is 31.2 Å². The van der Waals surface area contributed by atoms with Crippen LogP contribution in [0.25, 0.3) is 0 Å². The van der Waals surface area contributed by atoms with Crippen LogP contribution < -0.4 is 20.7 Å². The number of nitrogens with two attached hydrogens (primary N) is 1. The van der Waals surface area contributed by atoms with Crippen molar-refractivity contribution in [3.05, 3.63) is 24.3 Å². The van der Waals surface area contributed by atoms with Crippen LogP contribution in [0.1, 0.15) is 13.3 Å². The summed E-state index contributed by atoms with van der Waals surface area (Å²) in [5, 5.41) is 3.07. The highest BCUT2D eigenvalue weighted by Gasteiger charge is 2.26. The third-order valence-corrected chi connectivity index (χ3v) is 3.76. The van der Waals surface area contributed by atoms with Crippen LogP contribution in [0.2, 0.25) is 0 Å². The number of anilines is 1. The monoisotopic (exact) mass is 277 g/mol. The number of ether oxygens (including phenoxy) is 1. The van der Waals surface area contributed by atoms with E-state index in [0.717, 1.165) is 30.9 Å². The zero-order chi connectivity index (χ0) is 14.5. The molecule has 2 rings (SSSR count). The minimum Gasteiger partial charge on any atom is -0.495 e. The van der Waals surface area contributed by atoms with Crippen molar-refractivity contribution in [3.63, 3.8) is 0 Å². The Balaban J connectivity index is 1.97. The fourth-order valence-corrected chi connectivity index (χ4v) is 2.44. The van der Waals surface area contributed by atoms with Gasteiger partial charge in [-0.05, 0) is 18.6 Å². The van der Waals surface area contributed by atoms with Gasteiger partial charge in [-0.1, -0.05) is 19.1 Å². The fraction of sp³-hybridized carbons (Fsp3) is 0.533. The van der Waals surface area contributed by atoms with Crippen LogP contribution in [0.3, 0.4) is 0 Å². The van der Waals surface area contributed by atoms with Gasteiger partial charge in [0.15, 0.2) is 0 Å². The Labute approximate surface area is 120 Å². The van der Waals surface area contributed by atoms with Crippen LogP contribution >= 0.6 is 0 Å². The van der Waals surface area contributed by atoms with E-state index in [2.05, 4.69) is 10.2 Å². The number of benzene rings is 1. The number of nitrogens with zero attached hydrogens (tertiary/aromatic N) is 1. The number of hydrogen-bond acceptors (Lipinski definition) is 4. The average Bonchev–Trinajstić information content (AvgIpc) is 2.94. The molecule has 20 heavy (non-hydrogen) atoms. The van der Waals surface area contributed by atoms with Gasteiger partial charge in [-0.3, -0.25) is 4.79 Å². The quantitative estimate of drug-likeness (QED) is 0.842. The zero-order valence-corrected chi connectivity index (χ0v) is 12.1. The number of hydrogen-bond donors (Lipinski definition) is 2. The van der Waals surface area contributed by atoms with Gasteiger partial charge in [-0.25, -0.2) is 0 Å². The van der Waals surface area contributed by atoms with Crippen LogP contribution in [-0.2, 0) is 4.79 Å². The third kappa shape index (κ3) is 3.22. The molecule has 1 aromatic rings. The fourth-order valence-electron chi connectivity index (χ4n) is 2.44. The van der Waals surface area contributed by atoms with Crippen molar-refractivity contribution in [1.29, 1.82) is 0 Å². The third-order valence-electron chi connectivity index (χ3n) is 3.76. The molecule has 5 heteroatoms. The van der Waals surface area contributed by atoms with Gasteiger partial charge < -0.3 is 20.7 Å². The van der Waals surface area contributed by atoms with Crippen molar-refractivity contribution in [3.8, 4) is 5.75 Å². The molecule has 0 radical (unpaired) electrons. The van der Waals surface area contributed by atoms with E-state index >= 15 is 0 Å². The SMILES string of the molecule is COc1ccccc1N1CCC(NC(=O)C(C)CN)C1. The lowest BCUT2D eigenvalue weighted by molar-refractivity contribution is -0.124. The van der Waals surface area contributed by atoms with Crippen molar-refractivity contribution in [2.45, 2.75) is 19.4 Å². The summed E-state index contributed by atoms with van der Waals surface area (Å²) in [4.78, 5) is 14.1. The summed E-state index contributed by atoms with van der Waals surface area (Å²) in [7, 11) is 1.68. The maximum atomic E-state index is 11.9. The molecule has 3 N–H and O–H groups in total. The zero-order valence-electron chi connectivity index (χ0n) is 12.1. The molecule has 1 heterocycles. The van der Waals surface area contributed by atoms with Gasteiger partial charge >= 0.3 is 0 Å². The maximum absolute atomic E-state index is 11.9. The summed E-state index contributed by atoms with van der Waals surface area (Å²) < 4.78 is 5.38. The highest BCUT2D eigenvalue weighted by molar-refractivity contribution is 5.79. The van der Waals surface area contributed by atoms with E-state index in [-0.39, 0.29) is 17.9 Å². The van der Waals surface area contributed by atoms with Gasteiger partial charge in [0.1, 0.15) is 5.75 Å². The van der Waals surface area contributed by atoms with Crippen molar-refractivity contribution < 1.29 is 9.53 Å². The van der Waals surface area contributed by atoms with Crippen LogP contribution in [0, 0.1) is 5.92 Å². The lowest BCUT2D eigenvalue weighted by Crippen LogP contribution is -2.41. The van der Waals surface area contributed by atoms with Gasteiger partial charge in [0.05, 0.1) is 12.8 Å². The number of methoxy groups -OCH3 is 1. The molecule has 1 aliphatic rings. The molecule has 2 unspecified atom stereocenters. The molecule has 1 aliphatic heterocycles. The van der Waals surface area contributed by atoms with E-state index in [4.69, 9.17) is 10.5 Å². The van der Waals surface area contributed by atoms with Gasteiger partial charge in [0, 0.05) is 31.6 Å². The van der Waals surface area contributed by atoms with E-state index in [1.165, 1.54) is 0 Å². The van der Waals surface area contributed by atoms with Crippen LogP contribution in [-0.4, -0.2) is 38.7 Å². The number of amides is 1. The number of para-hydroxylation sites is 2. The van der Waals surface area contributed by atoms with Crippen LogP contribution in [0.5, 0.6) is 5.75 Å². The molecule has 1 aromatic carbocycles. The molecule has 2 atom stereocenters. The van der Waals surface area contributed by atoms with E-state index in [9.17, 15) is 4.79 Å². The Bertz CT molecular complexity index is 464. The molecule has 0 saturated carbocycles. The predicted molar refractivity (Wildman–Crippen MR) is 80.0 cm³/mol. The van der Waals surface area contributed by atoms with E-state index in [1.54, 1.807) is 7.11 Å². The summed E-state index contributed by atoms with van der Waals surface area (Å²) in [6.45, 7) is 3.96. The summed E-state index contributed by atoms with van der Waals surface area (Å²) in [6.07, 6.45) is 0.946. The smallest absolute Gasteiger partial charge is 0.224 e. The van der Waals surface area contributed by atoms with Crippen molar-refractivity contribution in [2.24, 2.45) is 11.7 Å². The summed E-state index contributed by atoms with van der Waals surface area (Å²) in [5.74, 6) is 0.782. The molecule has 110 valence electrons. The molecule has 0 aromatic heterocycles. The molecule has 5 nitrogen and oxygen atoms in total. The second-order valence-corrected chi connectivity index (χ2v) is 5.25. The predicted octanol–water partition coefficient (Wildman–Crippen LogP) is 0.985. The van der Waals surface area contributed by atoms with Gasteiger partial charge in [-0.15, -0.1) is 0 Å². The van der Waals surface area contributed by atoms with Gasteiger partial charge in [-0.2, -0.15) is 0 Å². The second-order valence-electron chi connectivity index (χ2n) is 5.25. The standard InChI is InChI=1S/C15H23N3O2/c1-11(9-16)15(19)17-12-7-8-18(10-12)13-5-3-4-6-14(13)20-2/h3-6,11-12H,7-10,16H2,1-2H3,(H,17,19). The van der Waals surface area contributed by atoms with Crippen molar-refractivity contribution in [1.82, 2.24) is 5.32 Å².